The maximum Gasteiger partial charge on any atom is 0.275 e. The molecule has 0 aliphatic carbocycles. The number of aromatic nitrogens is 5. The van der Waals surface area contributed by atoms with E-state index < -0.39 is 0 Å². The Labute approximate surface area is 162 Å². The fourth-order valence-electron chi connectivity index (χ4n) is 3.99. The van der Waals surface area contributed by atoms with Crippen molar-refractivity contribution < 1.29 is 0 Å². The van der Waals surface area contributed by atoms with Crippen molar-refractivity contribution >= 4 is 16.6 Å². The first-order valence-electron chi connectivity index (χ1n) is 9.60. The molecule has 1 aliphatic heterocycles. The predicted molar refractivity (Wildman–Crippen MR) is 108 cm³/mol. The first-order valence-corrected chi connectivity index (χ1v) is 9.60. The number of hydrogen-bond donors (Lipinski definition) is 0. The molecule has 5 rings (SSSR count). The fourth-order valence-corrected chi connectivity index (χ4v) is 3.99. The molecule has 7 heteroatoms. The van der Waals surface area contributed by atoms with E-state index >= 15 is 0 Å². The van der Waals surface area contributed by atoms with Gasteiger partial charge < -0.3 is 4.90 Å². The van der Waals surface area contributed by atoms with Crippen LogP contribution in [0, 0.1) is 0 Å². The predicted octanol–water partition coefficient (Wildman–Crippen LogP) is 2.45. The number of hydrogen-bond acceptors (Lipinski definition) is 5. The first kappa shape index (κ1) is 17.1. The van der Waals surface area contributed by atoms with Crippen LogP contribution in [0.1, 0.15) is 24.5 Å². The molecule has 0 atom stereocenters. The molecule has 1 fully saturated rings. The zero-order valence-electron chi connectivity index (χ0n) is 16.0. The lowest BCUT2D eigenvalue weighted by atomic mass is 9.94. The summed E-state index contributed by atoms with van der Waals surface area (Å²) >= 11 is 0. The van der Waals surface area contributed by atoms with Gasteiger partial charge in [-0.3, -0.25) is 9.48 Å². The van der Waals surface area contributed by atoms with Crippen molar-refractivity contribution in [3.05, 3.63) is 58.6 Å². The van der Waals surface area contributed by atoms with Gasteiger partial charge in [-0.15, -0.1) is 0 Å². The fraction of sp³-hybridized carbons (Fsp3) is 0.333. The van der Waals surface area contributed by atoms with E-state index in [0.29, 0.717) is 17.3 Å². The van der Waals surface area contributed by atoms with E-state index in [1.165, 1.54) is 4.52 Å². The normalized spacial score (nSPS) is 16.2. The van der Waals surface area contributed by atoms with Gasteiger partial charge in [0.15, 0.2) is 5.65 Å². The number of rotatable bonds is 2. The van der Waals surface area contributed by atoms with Crippen LogP contribution in [0.25, 0.3) is 27.8 Å². The van der Waals surface area contributed by atoms with E-state index in [9.17, 15) is 4.79 Å². The topological polar surface area (TPSA) is 68.3 Å². The molecule has 4 aromatic rings. The van der Waals surface area contributed by atoms with Crippen LogP contribution in [0.4, 0.5) is 0 Å². The number of piperidine rings is 1. The highest BCUT2D eigenvalue weighted by Gasteiger charge is 2.20. The summed E-state index contributed by atoms with van der Waals surface area (Å²) in [6, 6.07) is 11.4. The number of benzene rings is 1. The Kier molecular flexibility index (Phi) is 3.98. The highest BCUT2D eigenvalue weighted by atomic mass is 16.1. The highest BCUT2D eigenvalue weighted by Crippen LogP contribution is 2.26. The molecule has 142 valence electrons. The van der Waals surface area contributed by atoms with E-state index in [1.807, 2.05) is 43.6 Å². The molecular formula is C21H22N6O. The van der Waals surface area contributed by atoms with Crippen LogP contribution in [0.5, 0.6) is 0 Å². The van der Waals surface area contributed by atoms with Gasteiger partial charge in [-0.2, -0.15) is 14.7 Å². The van der Waals surface area contributed by atoms with Crippen LogP contribution in [0.3, 0.4) is 0 Å². The van der Waals surface area contributed by atoms with Gasteiger partial charge in [0.25, 0.3) is 5.56 Å². The number of likely N-dealkylation sites (tertiary alicyclic amines) is 1. The quantitative estimate of drug-likeness (QED) is 0.539. The van der Waals surface area contributed by atoms with Crippen LogP contribution in [0.15, 0.2) is 47.4 Å². The van der Waals surface area contributed by atoms with Crippen molar-refractivity contribution in [3.63, 3.8) is 0 Å². The molecule has 0 bridgehead atoms. The van der Waals surface area contributed by atoms with Gasteiger partial charge in [-0.25, -0.2) is 4.98 Å². The van der Waals surface area contributed by atoms with Gasteiger partial charge in [0, 0.05) is 36.2 Å². The Hall–Kier alpha value is -3.06. The van der Waals surface area contributed by atoms with E-state index in [0.717, 1.165) is 48.1 Å². The molecule has 7 nitrogen and oxygen atoms in total. The summed E-state index contributed by atoms with van der Waals surface area (Å²) in [6.07, 6.45) is 4.10. The molecule has 1 aliphatic rings. The number of fused-ring (bicyclic) bond motifs is 2. The third-order valence-electron chi connectivity index (χ3n) is 5.59. The Morgan fingerprint density at radius 2 is 1.82 bits per heavy atom. The Morgan fingerprint density at radius 3 is 2.64 bits per heavy atom. The summed E-state index contributed by atoms with van der Waals surface area (Å²) in [5, 5.41) is 10.0. The van der Waals surface area contributed by atoms with Gasteiger partial charge in [0.05, 0.1) is 16.9 Å². The zero-order valence-corrected chi connectivity index (χ0v) is 16.0. The molecule has 4 heterocycles. The van der Waals surface area contributed by atoms with Crippen molar-refractivity contribution in [2.75, 3.05) is 20.1 Å². The van der Waals surface area contributed by atoms with Crippen molar-refractivity contribution in [3.8, 4) is 11.3 Å². The Morgan fingerprint density at radius 1 is 1.00 bits per heavy atom. The highest BCUT2D eigenvalue weighted by molar-refractivity contribution is 5.83. The number of aryl methyl sites for hydroxylation is 1. The molecule has 0 amide bonds. The van der Waals surface area contributed by atoms with Crippen molar-refractivity contribution in [2.24, 2.45) is 7.05 Å². The minimum atomic E-state index is -0.152. The molecule has 1 saturated heterocycles. The molecule has 0 radical (unpaired) electrons. The molecule has 3 aromatic heterocycles. The summed E-state index contributed by atoms with van der Waals surface area (Å²) in [6.45, 7) is 2.13. The van der Waals surface area contributed by atoms with E-state index in [1.54, 1.807) is 10.7 Å². The summed E-state index contributed by atoms with van der Waals surface area (Å²) in [7, 11) is 4.04. The van der Waals surface area contributed by atoms with Crippen molar-refractivity contribution in [2.45, 2.75) is 18.8 Å². The van der Waals surface area contributed by atoms with Gasteiger partial charge in [-0.1, -0.05) is 6.07 Å². The summed E-state index contributed by atoms with van der Waals surface area (Å²) in [4.78, 5) is 19.8. The average molecular weight is 374 g/mol. The molecule has 0 spiro atoms. The first-order chi connectivity index (χ1) is 13.6. The van der Waals surface area contributed by atoms with Gasteiger partial charge in [-0.05, 0) is 57.2 Å². The molecule has 28 heavy (non-hydrogen) atoms. The van der Waals surface area contributed by atoms with Crippen LogP contribution >= 0.6 is 0 Å². The molecular weight excluding hydrogens is 352 g/mol. The van der Waals surface area contributed by atoms with Crippen molar-refractivity contribution in [1.29, 1.82) is 0 Å². The SMILES string of the molecule is CN1CCC(c2ccc3nc(-c4ccc5nn(C)cc5c4)cc(=O)n3n2)CC1. The smallest absolute Gasteiger partial charge is 0.275 e. The van der Waals surface area contributed by atoms with E-state index in [4.69, 9.17) is 0 Å². The molecule has 0 saturated carbocycles. The summed E-state index contributed by atoms with van der Waals surface area (Å²) in [5.74, 6) is 0.403. The summed E-state index contributed by atoms with van der Waals surface area (Å²) < 4.78 is 3.21. The maximum absolute atomic E-state index is 12.8. The number of nitrogens with zero attached hydrogens (tertiary/aromatic N) is 6. The minimum absolute atomic E-state index is 0.152. The minimum Gasteiger partial charge on any atom is -0.306 e. The Bertz CT molecular complexity index is 1230. The Balaban J connectivity index is 1.54. The third kappa shape index (κ3) is 2.97. The largest absolute Gasteiger partial charge is 0.306 e. The third-order valence-corrected chi connectivity index (χ3v) is 5.59. The molecule has 1 aromatic carbocycles. The van der Waals surface area contributed by atoms with Gasteiger partial charge in [0.2, 0.25) is 0 Å². The lowest BCUT2D eigenvalue weighted by Crippen LogP contribution is -2.30. The van der Waals surface area contributed by atoms with E-state index in [-0.39, 0.29) is 5.56 Å². The second-order valence-electron chi connectivity index (χ2n) is 7.66. The monoisotopic (exact) mass is 374 g/mol. The van der Waals surface area contributed by atoms with Crippen LogP contribution in [-0.4, -0.2) is 49.4 Å². The zero-order chi connectivity index (χ0) is 19.3. The lowest BCUT2D eigenvalue weighted by molar-refractivity contribution is 0.252. The van der Waals surface area contributed by atoms with Gasteiger partial charge >= 0.3 is 0 Å². The van der Waals surface area contributed by atoms with Crippen molar-refractivity contribution in [1.82, 2.24) is 29.3 Å². The second kappa shape index (κ2) is 6.53. The molecule has 0 unspecified atom stereocenters. The molecule has 0 N–H and O–H groups in total. The summed E-state index contributed by atoms with van der Waals surface area (Å²) in [5.41, 5.74) is 3.89. The second-order valence-corrected chi connectivity index (χ2v) is 7.66. The van der Waals surface area contributed by atoms with Gasteiger partial charge in [0.1, 0.15) is 0 Å². The standard InChI is InChI=1S/C21H22N6O/c1-25-9-7-14(8-10-25)17-5-6-20-22-19(12-21(28)27(20)24-17)15-3-4-18-16(11-15)13-26(2)23-18/h3-6,11-14H,7-10H2,1-2H3. The maximum atomic E-state index is 12.8. The average Bonchev–Trinajstić information content (AvgIpc) is 3.07. The van der Waals surface area contributed by atoms with Crippen LogP contribution in [0.2, 0.25) is 0 Å². The van der Waals surface area contributed by atoms with E-state index in [2.05, 4.69) is 27.1 Å². The van der Waals surface area contributed by atoms with Crippen LogP contribution < -0.4 is 5.56 Å². The lowest BCUT2D eigenvalue weighted by Gasteiger charge is -2.28. The van der Waals surface area contributed by atoms with Crippen LogP contribution in [-0.2, 0) is 7.05 Å².